The van der Waals surface area contributed by atoms with Crippen LogP contribution in [0.5, 0.6) is 17.2 Å². The lowest BCUT2D eigenvalue weighted by Gasteiger charge is -2.14. The molecule has 4 aromatic rings. The number of H-pyrrole nitrogens is 1. The van der Waals surface area contributed by atoms with E-state index in [4.69, 9.17) is 19.2 Å². The molecule has 0 spiro atoms. The molecule has 0 atom stereocenters. The first kappa shape index (κ1) is 22.9. The Morgan fingerprint density at radius 3 is 2.62 bits per heavy atom. The van der Waals surface area contributed by atoms with Crippen molar-refractivity contribution in [1.29, 1.82) is 0 Å². The Morgan fingerprint density at radius 2 is 1.79 bits per heavy atom. The molecule has 0 aliphatic heterocycles. The zero-order valence-electron chi connectivity index (χ0n) is 18.9. The third kappa shape index (κ3) is 4.83. The third-order valence-electron chi connectivity index (χ3n) is 5.77. The SMILES string of the molecule is CCOc1cc(-c2nc3sc4c(c3c(=O)[nH]2)CCCC4)ccc1OCCOc1ccc(Br)cc1. The molecule has 0 saturated carbocycles. The molecule has 6 nitrogen and oxygen atoms in total. The monoisotopic (exact) mass is 540 g/mol. The van der Waals surface area contributed by atoms with Gasteiger partial charge in [-0.25, -0.2) is 4.98 Å². The predicted octanol–water partition coefficient (Wildman–Crippen LogP) is 6.15. The van der Waals surface area contributed by atoms with Crippen LogP contribution in [0.15, 0.2) is 51.7 Å². The number of aryl methyl sites for hydroxylation is 2. The molecule has 0 unspecified atom stereocenters. The van der Waals surface area contributed by atoms with Crippen LogP contribution in [-0.4, -0.2) is 29.8 Å². The molecule has 34 heavy (non-hydrogen) atoms. The first-order valence-corrected chi connectivity index (χ1v) is 13.1. The Kier molecular flexibility index (Phi) is 6.87. The predicted molar refractivity (Wildman–Crippen MR) is 139 cm³/mol. The summed E-state index contributed by atoms with van der Waals surface area (Å²) in [7, 11) is 0. The van der Waals surface area contributed by atoms with Gasteiger partial charge in [-0.15, -0.1) is 11.3 Å². The van der Waals surface area contributed by atoms with Crippen LogP contribution in [0.25, 0.3) is 21.6 Å². The second kappa shape index (κ2) is 10.2. The second-order valence-electron chi connectivity index (χ2n) is 8.05. The number of hydrogen-bond acceptors (Lipinski definition) is 6. The lowest BCUT2D eigenvalue weighted by atomic mass is 9.97. The van der Waals surface area contributed by atoms with E-state index in [2.05, 4.69) is 20.9 Å². The van der Waals surface area contributed by atoms with E-state index in [1.54, 1.807) is 11.3 Å². The van der Waals surface area contributed by atoms with Crippen molar-refractivity contribution in [3.05, 3.63) is 67.7 Å². The molecule has 176 valence electrons. The Morgan fingerprint density at radius 1 is 1.00 bits per heavy atom. The Hall–Kier alpha value is -2.84. The van der Waals surface area contributed by atoms with Gasteiger partial charge in [-0.2, -0.15) is 0 Å². The third-order valence-corrected chi connectivity index (χ3v) is 7.48. The molecule has 2 aromatic heterocycles. The minimum atomic E-state index is -0.0669. The summed E-state index contributed by atoms with van der Waals surface area (Å²) in [5.74, 6) is 2.56. The van der Waals surface area contributed by atoms with Gasteiger partial charge in [0.2, 0.25) is 0 Å². The van der Waals surface area contributed by atoms with E-state index in [-0.39, 0.29) is 5.56 Å². The Bertz CT molecular complexity index is 1360. The molecule has 0 fully saturated rings. The van der Waals surface area contributed by atoms with Crippen LogP contribution in [0.1, 0.15) is 30.2 Å². The number of hydrogen-bond donors (Lipinski definition) is 1. The van der Waals surface area contributed by atoms with Crippen LogP contribution in [-0.2, 0) is 12.8 Å². The van der Waals surface area contributed by atoms with Gasteiger partial charge in [0.25, 0.3) is 5.56 Å². The van der Waals surface area contributed by atoms with E-state index in [9.17, 15) is 4.79 Å². The fourth-order valence-electron chi connectivity index (χ4n) is 4.19. The van der Waals surface area contributed by atoms with Gasteiger partial charge in [-0.3, -0.25) is 4.79 Å². The van der Waals surface area contributed by atoms with Gasteiger partial charge in [0.15, 0.2) is 11.5 Å². The van der Waals surface area contributed by atoms with Crippen molar-refractivity contribution in [3.8, 4) is 28.6 Å². The highest BCUT2D eigenvalue weighted by Crippen LogP contribution is 2.36. The molecule has 2 heterocycles. The minimum absolute atomic E-state index is 0.0669. The molecule has 1 aliphatic carbocycles. The largest absolute Gasteiger partial charge is 0.490 e. The summed E-state index contributed by atoms with van der Waals surface area (Å²) in [4.78, 5) is 22.8. The molecular weight excluding hydrogens is 516 g/mol. The van der Waals surface area contributed by atoms with Crippen LogP contribution >= 0.6 is 27.3 Å². The Balaban J connectivity index is 1.34. The average molecular weight is 541 g/mol. The molecule has 5 rings (SSSR count). The van der Waals surface area contributed by atoms with Crippen molar-refractivity contribution in [1.82, 2.24) is 9.97 Å². The van der Waals surface area contributed by atoms with Crippen LogP contribution < -0.4 is 19.8 Å². The normalized spacial score (nSPS) is 13.0. The van der Waals surface area contributed by atoms with Crippen molar-refractivity contribution in [2.45, 2.75) is 32.6 Å². The van der Waals surface area contributed by atoms with Gasteiger partial charge in [0.1, 0.15) is 29.6 Å². The van der Waals surface area contributed by atoms with E-state index < -0.39 is 0 Å². The summed E-state index contributed by atoms with van der Waals surface area (Å²) in [5, 5.41) is 0.763. The maximum atomic E-state index is 12.9. The summed E-state index contributed by atoms with van der Waals surface area (Å²) in [6.45, 7) is 3.20. The summed E-state index contributed by atoms with van der Waals surface area (Å²) >= 11 is 5.06. The number of nitrogens with zero attached hydrogens (tertiary/aromatic N) is 1. The highest BCUT2D eigenvalue weighted by Gasteiger charge is 2.20. The number of ether oxygens (including phenoxy) is 3. The summed E-state index contributed by atoms with van der Waals surface area (Å²) in [6.07, 6.45) is 4.31. The van der Waals surface area contributed by atoms with Crippen LogP contribution in [0, 0.1) is 0 Å². The van der Waals surface area contributed by atoms with Gasteiger partial charge >= 0.3 is 0 Å². The molecular formula is C26H25BrN2O4S. The topological polar surface area (TPSA) is 73.4 Å². The van der Waals surface area contributed by atoms with Crippen molar-refractivity contribution < 1.29 is 14.2 Å². The molecule has 0 amide bonds. The van der Waals surface area contributed by atoms with Crippen LogP contribution in [0.4, 0.5) is 0 Å². The smallest absolute Gasteiger partial charge is 0.260 e. The molecule has 0 saturated heterocycles. The maximum Gasteiger partial charge on any atom is 0.260 e. The molecule has 1 aliphatic rings. The van der Waals surface area contributed by atoms with Crippen molar-refractivity contribution in [2.24, 2.45) is 0 Å². The van der Waals surface area contributed by atoms with E-state index in [1.165, 1.54) is 16.9 Å². The van der Waals surface area contributed by atoms with E-state index in [0.29, 0.717) is 37.1 Å². The van der Waals surface area contributed by atoms with Gasteiger partial charge in [0.05, 0.1) is 12.0 Å². The number of fused-ring (bicyclic) bond motifs is 3. The average Bonchev–Trinajstić information content (AvgIpc) is 3.23. The molecule has 8 heteroatoms. The van der Waals surface area contributed by atoms with E-state index in [0.717, 1.165) is 45.3 Å². The number of thiophene rings is 1. The number of aromatic amines is 1. The van der Waals surface area contributed by atoms with E-state index >= 15 is 0 Å². The highest BCUT2D eigenvalue weighted by molar-refractivity contribution is 9.10. The fourth-order valence-corrected chi connectivity index (χ4v) is 5.71. The lowest BCUT2D eigenvalue weighted by molar-refractivity contribution is 0.208. The lowest BCUT2D eigenvalue weighted by Crippen LogP contribution is -2.11. The zero-order chi connectivity index (χ0) is 23.5. The van der Waals surface area contributed by atoms with Crippen molar-refractivity contribution in [2.75, 3.05) is 19.8 Å². The van der Waals surface area contributed by atoms with Gasteiger partial charge in [-0.1, -0.05) is 15.9 Å². The fraction of sp³-hybridized carbons (Fsp3) is 0.308. The summed E-state index contributed by atoms with van der Waals surface area (Å²) < 4.78 is 18.5. The molecule has 0 bridgehead atoms. The number of halogens is 1. The number of benzene rings is 2. The zero-order valence-corrected chi connectivity index (χ0v) is 21.3. The second-order valence-corrected chi connectivity index (χ2v) is 10.1. The number of rotatable bonds is 8. The summed E-state index contributed by atoms with van der Waals surface area (Å²) in [5.41, 5.74) is 1.91. The first-order chi connectivity index (χ1) is 16.6. The van der Waals surface area contributed by atoms with E-state index in [1.807, 2.05) is 49.4 Å². The highest BCUT2D eigenvalue weighted by atomic mass is 79.9. The van der Waals surface area contributed by atoms with Crippen LogP contribution in [0.3, 0.4) is 0 Å². The standard InChI is InChI=1S/C26H25BrN2O4S/c1-2-31-21-15-16(7-12-20(21)33-14-13-32-18-10-8-17(27)9-11-18)24-28-25(30)23-19-5-3-4-6-22(19)34-26(23)29-24/h7-12,15H,2-6,13-14H2,1H3,(H,28,29,30). The first-order valence-electron chi connectivity index (χ1n) is 11.5. The van der Waals surface area contributed by atoms with Gasteiger partial charge in [0, 0.05) is 14.9 Å². The minimum Gasteiger partial charge on any atom is -0.490 e. The van der Waals surface area contributed by atoms with Gasteiger partial charge < -0.3 is 19.2 Å². The summed E-state index contributed by atoms with van der Waals surface area (Å²) in [6, 6.07) is 13.3. The van der Waals surface area contributed by atoms with Gasteiger partial charge in [-0.05, 0) is 80.6 Å². The number of nitrogens with one attached hydrogen (secondary N) is 1. The van der Waals surface area contributed by atoms with Crippen molar-refractivity contribution >= 4 is 37.5 Å². The quantitative estimate of drug-likeness (QED) is 0.271. The molecule has 2 aromatic carbocycles. The van der Waals surface area contributed by atoms with Crippen molar-refractivity contribution in [3.63, 3.8) is 0 Å². The molecule has 0 radical (unpaired) electrons. The molecule has 1 N–H and O–H groups in total. The number of aromatic nitrogens is 2. The Labute approximate surface area is 210 Å². The van der Waals surface area contributed by atoms with Crippen LogP contribution in [0.2, 0.25) is 0 Å². The maximum absolute atomic E-state index is 12.9.